The number of nitrogens with zero attached hydrogens (tertiary/aromatic N) is 3. The first-order valence-corrected chi connectivity index (χ1v) is 8.71. The van der Waals surface area contributed by atoms with Crippen LogP contribution in [0.3, 0.4) is 0 Å². The molecule has 1 amide bonds. The number of ether oxygens (including phenoxy) is 1. The van der Waals surface area contributed by atoms with Crippen LogP contribution >= 0.6 is 0 Å². The number of alkyl halides is 1. The summed E-state index contributed by atoms with van der Waals surface area (Å²) < 4.78 is 38.8. The van der Waals surface area contributed by atoms with Crippen molar-refractivity contribution in [1.29, 1.82) is 0 Å². The third kappa shape index (κ3) is 3.21. The van der Waals surface area contributed by atoms with Crippen molar-refractivity contribution >= 4 is 5.91 Å². The van der Waals surface area contributed by atoms with E-state index in [4.69, 9.17) is 9.26 Å². The predicted octanol–water partition coefficient (Wildman–Crippen LogP) is 2.70. The van der Waals surface area contributed by atoms with E-state index in [1.54, 1.807) is 0 Å². The van der Waals surface area contributed by atoms with Gasteiger partial charge in [-0.1, -0.05) is 5.16 Å². The standard InChI is InChI=1S/C18H19F2N3O3/c19-14-3-1-12(2-4-14)15-21-17(26-22-15)18(20)7-8-23(11-18)16(24)13-5-9-25-10-6-13/h1-4,13H,5-11H2. The molecule has 0 aliphatic carbocycles. The second-order valence-electron chi connectivity index (χ2n) is 6.79. The minimum Gasteiger partial charge on any atom is -0.381 e. The second kappa shape index (κ2) is 6.75. The number of hydrogen-bond donors (Lipinski definition) is 0. The summed E-state index contributed by atoms with van der Waals surface area (Å²) >= 11 is 0. The fourth-order valence-electron chi connectivity index (χ4n) is 3.46. The van der Waals surface area contributed by atoms with Gasteiger partial charge in [-0.3, -0.25) is 4.79 Å². The fourth-order valence-corrected chi connectivity index (χ4v) is 3.46. The lowest BCUT2D eigenvalue weighted by Crippen LogP contribution is -2.38. The normalized spacial score (nSPS) is 24.2. The van der Waals surface area contributed by atoms with Gasteiger partial charge in [-0.05, 0) is 37.1 Å². The average Bonchev–Trinajstić information content (AvgIpc) is 3.31. The first kappa shape index (κ1) is 17.1. The molecule has 0 saturated carbocycles. The molecule has 0 radical (unpaired) electrons. The molecule has 4 rings (SSSR count). The fraction of sp³-hybridized carbons (Fsp3) is 0.500. The topological polar surface area (TPSA) is 68.5 Å². The van der Waals surface area contributed by atoms with Crippen LogP contribution in [-0.4, -0.2) is 47.3 Å². The third-order valence-corrected chi connectivity index (χ3v) is 5.01. The summed E-state index contributed by atoms with van der Waals surface area (Å²) in [4.78, 5) is 18.3. The number of benzene rings is 1. The smallest absolute Gasteiger partial charge is 0.266 e. The molecule has 1 unspecified atom stereocenters. The molecule has 1 atom stereocenters. The van der Waals surface area contributed by atoms with Crippen LogP contribution in [0.2, 0.25) is 0 Å². The first-order chi connectivity index (χ1) is 12.5. The first-order valence-electron chi connectivity index (χ1n) is 8.71. The van der Waals surface area contributed by atoms with Gasteiger partial charge in [-0.2, -0.15) is 4.98 Å². The molecular weight excluding hydrogens is 344 g/mol. The molecule has 3 heterocycles. The number of rotatable bonds is 3. The Labute approximate surface area is 149 Å². The van der Waals surface area contributed by atoms with E-state index in [1.165, 1.54) is 29.2 Å². The van der Waals surface area contributed by atoms with E-state index >= 15 is 4.39 Å². The van der Waals surface area contributed by atoms with Crippen LogP contribution in [0.5, 0.6) is 0 Å². The second-order valence-corrected chi connectivity index (χ2v) is 6.79. The Morgan fingerprint density at radius 3 is 2.69 bits per heavy atom. The van der Waals surface area contributed by atoms with Gasteiger partial charge >= 0.3 is 0 Å². The highest BCUT2D eigenvalue weighted by molar-refractivity contribution is 5.79. The molecule has 6 nitrogen and oxygen atoms in total. The number of amides is 1. The molecule has 2 fully saturated rings. The van der Waals surface area contributed by atoms with Crippen LogP contribution in [0.25, 0.3) is 11.4 Å². The molecule has 8 heteroatoms. The van der Waals surface area contributed by atoms with E-state index < -0.39 is 5.67 Å². The van der Waals surface area contributed by atoms with Gasteiger partial charge in [0.2, 0.25) is 17.4 Å². The molecule has 2 saturated heterocycles. The van der Waals surface area contributed by atoms with Crippen LogP contribution < -0.4 is 0 Å². The largest absolute Gasteiger partial charge is 0.381 e. The summed E-state index contributed by atoms with van der Waals surface area (Å²) in [5, 5.41) is 3.80. The van der Waals surface area contributed by atoms with E-state index in [9.17, 15) is 9.18 Å². The minimum atomic E-state index is -1.86. The Morgan fingerprint density at radius 2 is 1.96 bits per heavy atom. The molecule has 138 valence electrons. The van der Waals surface area contributed by atoms with Gasteiger partial charge in [-0.15, -0.1) is 0 Å². The lowest BCUT2D eigenvalue weighted by atomic mass is 9.99. The van der Waals surface area contributed by atoms with Gasteiger partial charge in [0.1, 0.15) is 5.82 Å². The minimum absolute atomic E-state index is 0.0360. The summed E-state index contributed by atoms with van der Waals surface area (Å²) in [5.41, 5.74) is -1.32. The SMILES string of the molecule is O=C(C1CCOCC1)N1CCC(F)(c2nc(-c3ccc(F)cc3)no2)C1. The van der Waals surface area contributed by atoms with Crippen molar-refractivity contribution in [2.75, 3.05) is 26.3 Å². The maximum atomic E-state index is 15.3. The molecule has 0 spiro atoms. The number of hydrogen-bond acceptors (Lipinski definition) is 5. The number of aromatic nitrogens is 2. The predicted molar refractivity (Wildman–Crippen MR) is 87.2 cm³/mol. The molecule has 0 N–H and O–H groups in total. The van der Waals surface area contributed by atoms with Gasteiger partial charge < -0.3 is 14.2 Å². The van der Waals surface area contributed by atoms with Crippen LogP contribution in [-0.2, 0) is 15.2 Å². The summed E-state index contributed by atoms with van der Waals surface area (Å²) in [7, 11) is 0. The molecule has 26 heavy (non-hydrogen) atoms. The Balaban J connectivity index is 1.48. The van der Waals surface area contributed by atoms with Gasteiger partial charge in [0.15, 0.2) is 0 Å². The van der Waals surface area contributed by atoms with E-state index in [-0.39, 0.29) is 42.3 Å². The van der Waals surface area contributed by atoms with Crippen molar-refractivity contribution in [3.63, 3.8) is 0 Å². The Bertz CT molecular complexity index is 789. The number of carbonyl (C=O) groups excluding carboxylic acids is 1. The highest BCUT2D eigenvalue weighted by Crippen LogP contribution is 2.37. The summed E-state index contributed by atoms with van der Waals surface area (Å²) in [6, 6.07) is 5.57. The zero-order valence-corrected chi connectivity index (χ0v) is 14.2. The molecular formula is C18H19F2N3O3. The third-order valence-electron chi connectivity index (χ3n) is 5.01. The van der Waals surface area contributed by atoms with Crippen LogP contribution in [0.15, 0.2) is 28.8 Å². The highest BCUT2D eigenvalue weighted by atomic mass is 19.1. The molecule has 1 aromatic heterocycles. The summed E-state index contributed by atoms with van der Waals surface area (Å²) in [5.74, 6) is -0.461. The highest BCUT2D eigenvalue weighted by Gasteiger charge is 2.47. The Kier molecular flexibility index (Phi) is 4.44. The Hall–Kier alpha value is -2.35. The van der Waals surface area contributed by atoms with Crippen LogP contribution in [0, 0.1) is 11.7 Å². The van der Waals surface area contributed by atoms with E-state index in [0.29, 0.717) is 38.2 Å². The lowest BCUT2D eigenvalue weighted by Gasteiger charge is -2.26. The molecule has 2 aliphatic rings. The monoisotopic (exact) mass is 363 g/mol. The molecule has 2 aliphatic heterocycles. The number of carbonyl (C=O) groups is 1. The van der Waals surface area contributed by atoms with E-state index in [2.05, 4.69) is 10.1 Å². The summed E-state index contributed by atoms with van der Waals surface area (Å²) in [6.07, 6.45) is 1.46. The molecule has 0 bridgehead atoms. The van der Waals surface area contributed by atoms with E-state index in [0.717, 1.165) is 0 Å². The maximum Gasteiger partial charge on any atom is 0.266 e. The quantitative estimate of drug-likeness (QED) is 0.839. The van der Waals surface area contributed by atoms with Crippen molar-refractivity contribution in [1.82, 2.24) is 15.0 Å². The van der Waals surface area contributed by atoms with Crippen LogP contribution in [0.1, 0.15) is 25.2 Å². The van der Waals surface area contributed by atoms with Crippen molar-refractivity contribution < 1.29 is 22.8 Å². The van der Waals surface area contributed by atoms with Crippen molar-refractivity contribution in [3.8, 4) is 11.4 Å². The van der Waals surface area contributed by atoms with Crippen molar-refractivity contribution in [2.45, 2.75) is 24.9 Å². The van der Waals surface area contributed by atoms with Gasteiger partial charge in [-0.25, -0.2) is 8.78 Å². The molecule has 2 aromatic rings. The van der Waals surface area contributed by atoms with E-state index in [1.807, 2.05) is 0 Å². The summed E-state index contributed by atoms with van der Waals surface area (Å²) in [6.45, 7) is 1.36. The molecule has 1 aromatic carbocycles. The Morgan fingerprint density at radius 1 is 1.23 bits per heavy atom. The zero-order valence-electron chi connectivity index (χ0n) is 14.2. The average molecular weight is 363 g/mol. The van der Waals surface area contributed by atoms with Gasteiger partial charge in [0.05, 0.1) is 6.54 Å². The number of likely N-dealkylation sites (tertiary alicyclic amines) is 1. The maximum absolute atomic E-state index is 15.3. The lowest BCUT2D eigenvalue weighted by molar-refractivity contribution is -0.138. The van der Waals surface area contributed by atoms with Crippen molar-refractivity contribution in [2.24, 2.45) is 5.92 Å². The van der Waals surface area contributed by atoms with Crippen molar-refractivity contribution in [3.05, 3.63) is 36.0 Å². The number of halogens is 2. The van der Waals surface area contributed by atoms with Gasteiger partial charge in [0, 0.05) is 37.7 Å². The van der Waals surface area contributed by atoms with Gasteiger partial charge in [0.25, 0.3) is 5.89 Å². The van der Waals surface area contributed by atoms with Crippen LogP contribution in [0.4, 0.5) is 8.78 Å². The zero-order chi connectivity index (χ0) is 18.1.